The Morgan fingerprint density at radius 3 is 2.78 bits per heavy atom. The van der Waals surface area contributed by atoms with Crippen molar-refractivity contribution >= 4 is 11.8 Å². The molecule has 0 aromatic carbocycles. The van der Waals surface area contributed by atoms with Crippen LogP contribution in [0.4, 0.5) is 0 Å². The first-order chi connectivity index (χ1) is 12.9. The van der Waals surface area contributed by atoms with E-state index in [0.717, 1.165) is 16.8 Å². The van der Waals surface area contributed by atoms with E-state index in [9.17, 15) is 9.59 Å². The minimum atomic E-state index is -0.189. The molecule has 1 fully saturated rings. The van der Waals surface area contributed by atoms with E-state index in [2.05, 4.69) is 10.4 Å². The van der Waals surface area contributed by atoms with Crippen LogP contribution >= 0.6 is 0 Å². The van der Waals surface area contributed by atoms with E-state index in [4.69, 9.17) is 9.15 Å². The van der Waals surface area contributed by atoms with Crippen molar-refractivity contribution in [3.63, 3.8) is 0 Å². The minimum absolute atomic E-state index is 0.0339. The van der Waals surface area contributed by atoms with Crippen molar-refractivity contribution < 1.29 is 18.7 Å². The number of aryl methyl sites for hydroxylation is 2. The number of methoxy groups -OCH3 is 1. The second-order valence-corrected chi connectivity index (χ2v) is 6.98. The molecule has 0 saturated carbocycles. The molecule has 2 aromatic rings. The van der Waals surface area contributed by atoms with Gasteiger partial charge >= 0.3 is 0 Å². The largest absolute Gasteiger partial charge is 0.471 e. The third-order valence-corrected chi connectivity index (χ3v) is 5.29. The van der Waals surface area contributed by atoms with Crippen LogP contribution in [-0.4, -0.2) is 53.3 Å². The van der Waals surface area contributed by atoms with Gasteiger partial charge in [-0.25, -0.2) is 0 Å². The van der Waals surface area contributed by atoms with Gasteiger partial charge < -0.3 is 19.4 Å². The van der Waals surface area contributed by atoms with Crippen LogP contribution in [0.2, 0.25) is 0 Å². The number of nitrogens with one attached hydrogen (secondary N) is 1. The van der Waals surface area contributed by atoms with Crippen molar-refractivity contribution in [2.75, 3.05) is 26.8 Å². The molecule has 1 N–H and O–H groups in total. The highest BCUT2D eigenvalue weighted by Crippen LogP contribution is 2.38. The monoisotopic (exact) mass is 374 g/mol. The minimum Gasteiger partial charge on any atom is -0.471 e. The zero-order valence-corrected chi connectivity index (χ0v) is 16.2. The molecule has 0 bridgehead atoms. The number of carbonyl (C=O) groups excluding carboxylic acids is 2. The molecule has 0 unspecified atom stereocenters. The number of aromatic nitrogens is 2. The van der Waals surface area contributed by atoms with Crippen LogP contribution in [0.3, 0.4) is 0 Å². The zero-order valence-electron chi connectivity index (χ0n) is 16.2. The zero-order chi connectivity index (χ0) is 19.6. The molecular weight excluding hydrogens is 348 g/mol. The summed E-state index contributed by atoms with van der Waals surface area (Å²) in [7, 11) is 3.50. The van der Waals surface area contributed by atoms with Crippen molar-refractivity contribution in [1.29, 1.82) is 0 Å². The maximum absolute atomic E-state index is 12.6. The Kier molecular flexibility index (Phi) is 5.65. The number of likely N-dealkylation sites (tertiary alicyclic amines) is 1. The lowest BCUT2D eigenvalue weighted by Gasteiger charge is -2.28. The highest BCUT2D eigenvalue weighted by atomic mass is 16.5. The molecule has 2 atom stereocenters. The van der Waals surface area contributed by atoms with Crippen molar-refractivity contribution in [3.8, 4) is 0 Å². The number of amides is 2. The summed E-state index contributed by atoms with van der Waals surface area (Å²) in [6.07, 6.45) is 5.18. The van der Waals surface area contributed by atoms with E-state index in [1.807, 2.05) is 32.0 Å². The molecule has 27 heavy (non-hydrogen) atoms. The standard InChI is InChI=1S/C19H26N4O4/c1-12-10-27-11-16(12)19(25)20-8-14-7-17(24)23(5-6-26-4)18(14)15-9-21-22(3)13(15)2/h9-11,14,18H,5-8H2,1-4H3,(H,20,25)/t14-,18+/m1/s1. The topological polar surface area (TPSA) is 89.6 Å². The Morgan fingerprint density at radius 1 is 1.41 bits per heavy atom. The molecule has 3 rings (SSSR count). The Hall–Kier alpha value is -2.61. The fourth-order valence-corrected chi connectivity index (χ4v) is 3.64. The summed E-state index contributed by atoms with van der Waals surface area (Å²) >= 11 is 0. The average molecular weight is 374 g/mol. The number of hydrogen-bond acceptors (Lipinski definition) is 5. The lowest BCUT2D eigenvalue weighted by Crippen LogP contribution is -2.35. The van der Waals surface area contributed by atoms with Gasteiger partial charge in [0.1, 0.15) is 6.26 Å². The predicted octanol–water partition coefficient (Wildman–Crippen LogP) is 1.60. The van der Waals surface area contributed by atoms with Gasteiger partial charge in [0.05, 0.1) is 30.7 Å². The van der Waals surface area contributed by atoms with Gasteiger partial charge in [0.25, 0.3) is 5.91 Å². The molecule has 0 aliphatic carbocycles. The second kappa shape index (κ2) is 7.96. The van der Waals surface area contributed by atoms with Crippen LogP contribution in [0.15, 0.2) is 23.1 Å². The van der Waals surface area contributed by atoms with Gasteiger partial charge in [-0.05, 0) is 19.4 Å². The average Bonchev–Trinajstić information content (AvgIpc) is 3.30. The predicted molar refractivity (Wildman–Crippen MR) is 98.2 cm³/mol. The Bertz CT molecular complexity index is 826. The summed E-state index contributed by atoms with van der Waals surface area (Å²) in [6, 6.07) is -0.132. The van der Waals surface area contributed by atoms with E-state index < -0.39 is 0 Å². The molecule has 1 saturated heterocycles. The lowest BCUT2D eigenvalue weighted by atomic mass is 9.93. The van der Waals surface area contributed by atoms with E-state index in [1.165, 1.54) is 6.26 Å². The third-order valence-electron chi connectivity index (χ3n) is 5.29. The van der Waals surface area contributed by atoms with Crippen molar-refractivity contribution in [1.82, 2.24) is 20.0 Å². The van der Waals surface area contributed by atoms with E-state index in [0.29, 0.717) is 31.7 Å². The summed E-state index contributed by atoms with van der Waals surface area (Å²) < 4.78 is 12.1. The number of ether oxygens (including phenoxy) is 1. The number of carbonyl (C=O) groups is 2. The van der Waals surface area contributed by atoms with Crippen LogP contribution < -0.4 is 5.32 Å². The Labute approximate surface area is 158 Å². The number of nitrogens with zero attached hydrogens (tertiary/aromatic N) is 3. The molecule has 1 aliphatic rings. The maximum atomic E-state index is 12.6. The summed E-state index contributed by atoms with van der Waals surface area (Å²) in [5.41, 5.74) is 3.33. The quantitative estimate of drug-likeness (QED) is 0.795. The SMILES string of the molecule is COCCN1C(=O)C[C@H](CNC(=O)c2cocc2C)[C@H]1c1cnn(C)c1C. The molecule has 3 heterocycles. The molecule has 8 nitrogen and oxygen atoms in total. The van der Waals surface area contributed by atoms with E-state index >= 15 is 0 Å². The second-order valence-electron chi connectivity index (χ2n) is 6.98. The van der Waals surface area contributed by atoms with Gasteiger partial charge in [-0.15, -0.1) is 0 Å². The smallest absolute Gasteiger partial charge is 0.254 e. The Morgan fingerprint density at radius 2 is 2.19 bits per heavy atom. The van der Waals surface area contributed by atoms with E-state index in [1.54, 1.807) is 18.1 Å². The van der Waals surface area contributed by atoms with Crippen LogP contribution in [0.5, 0.6) is 0 Å². The fourth-order valence-electron chi connectivity index (χ4n) is 3.64. The number of furan rings is 1. The van der Waals surface area contributed by atoms with Gasteiger partial charge in [-0.2, -0.15) is 5.10 Å². The Balaban J connectivity index is 1.79. The van der Waals surface area contributed by atoms with Gasteiger partial charge in [0.15, 0.2) is 0 Å². The first-order valence-electron chi connectivity index (χ1n) is 9.02. The molecule has 1 aliphatic heterocycles. The van der Waals surface area contributed by atoms with Crippen LogP contribution in [0.1, 0.15) is 39.6 Å². The number of hydrogen-bond donors (Lipinski definition) is 1. The van der Waals surface area contributed by atoms with Gasteiger partial charge in [-0.3, -0.25) is 14.3 Å². The van der Waals surface area contributed by atoms with Crippen molar-refractivity contribution in [3.05, 3.63) is 41.1 Å². The fraction of sp³-hybridized carbons (Fsp3) is 0.526. The molecule has 2 aromatic heterocycles. The normalized spacial score (nSPS) is 19.7. The summed E-state index contributed by atoms with van der Waals surface area (Å²) in [6.45, 7) is 5.20. The molecule has 0 radical (unpaired) electrons. The highest BCUT2D eigenvalue weighted by molar-refractivity contribution is 5.95. The van der Waals surface area contributed by atoms with Gasteiger partial charge in [-0.1, -0.05) is 0 Å². The number of rotatable bonds is 7. The third kappa shape index (κ3) is 3.75. The molecule has 0 spiro atoms. The summed E-state index contributed by atoms with van der Waals surface area (Å²) in [5.74, 6) is -0.154. The molecular formula is C19H26N4O4. The van der Waals surface area contributed by atoms with E-state index in [-0.39, 0.29) is 23.8 Å². The maximum Gasteiger partial charge on any atom is 0.254 e. The summed E-state index contributed by atoms with van der Waals surface area (Å²) in [5, 5.41) is 7.28. The van der Waals surface area contributed by atoms with Gasteiger partial charge in [0, 0.05) is 50.8 Å². The van der Waals surface area contributed by atoms with Gasteiger partial charge in [0.2, 0.25) is 5.91 Å². The first kappa shape index (κ1) is 19.2. The first-order valence-corrected chi connectivity index (χ1v) is 9.02. The van der Waals surface area contributed by atoms with Crippen LogP contribution in [-0.2, 0) is 16.6 Å². The summed E-state index contributed by atoms with van der Waals surface area (Å²) in [4.78, 5) is 26.9. The van der Waals surface area contributed by atoms with Crippen LogP contribution in [0, 0.1) is 19.8 Å². The molecule has 146 valence electrons. The molecule has 2 amide bonds. The van der Waals surface area contributed by atoms with Crippen molar-refractivity contribution in [2.24, 2.45) is 13.0 Å². The lowest BCUT2D eigenvalue weighted by molar-refractivity contribution is -0.129. The van der Waals surface area contributed by atoms with Crippen LogP contribution in [0.25, 0.3) is 0 Å². The highest BCUT2D eigenvalue weighted by Gasteiger charge is 2.41. The molecule has 8 heteroatoms. The van der Waals surface area contributed by atoms with Crippen molar-refractivity contribution in [2.45, 2.75) is 26.3 Å².